The lowest BCUT2D eigenvalue weighted by atomic mass is 10.0. The second-order valence-electron chi connectivity index (χ2n) is 5.72. The van der Waals surface area contributed by atoms with E-state index in [1.54, 1.807) is 12.1 Å². The minimum Gasteiger partial charge on any atom is -0.495 e. The smallest absolute Gasteiger partial charge is 0.244 e. The minimum atomic E-state index is -3.77. The molecule has 0 spiro atoms. The lowest BCUT2D eigenvalue weighted by Crippen LogP contribution is -2.28. The van der Waals surface area contributed by atoms with Crippen LogP contribution in [0.2, 0.25) is 5.02 Å². The third-order valence-corrected chi connectivity index (χ3v) is 5.78. The summed E-state index contributed by atoms with van der Waals surface area (Å²) in [4.78, 5) is 0.0415. The van der Waals surface area contributed by atoms with Crippen LogP contribution in [0.1, 0.15) is 36.1 Å². The molecule has 0 radical (unpaired) electrons. The second kappa shape index (κ2) is 7.55. The predicted molar refractivity (Wildman–Crippen MR) is 97.3 cm³/mol. The van der Waals surface area contributed by atoms with Crippen molar-refractivity contribution < 1.29 is 13.2 Å². The first-order valence-corrected chi connectivity index (χ1v) is 9.57. The van der Waals surface area contributed by atoms with Crippen molar-refractivity contribution in [3.05, 3.63) is 58.1 Å². The van der Waals surface area contributed by atoms with Gasteiger partial charge in [0.15, 0.2) is 0 Å². The van der Waals surface area contributed by atoms with E-state index in [1.165, 1.54) is 18.7 Å². The highest BCUT2D eigenvalue weighted by atomic mass is 35.5. The van der Waals surface area contributed by atoms with Crippen LogP contribution in [-0.4, -0.2) is 15.5 Å². The summed E-state index contributed by atoms with van der Waals surface area (Å²) in [5.74, 6) is 0.266. The molecule has 0 aliphatic rings. The number of hydrogen-bond acceptors (Lipinski definition) is 3. The van der Waals surface area contributed by atoms with Crippen molar-refractivity contribution in [1.82, 2.24) is 4.72 Å². The summed E-state index contributed by atoms with van der Waals surface area (Å²) in [5, 5.41) is 0.343. The number of ether oxygens (including phenoxy) is 1. The summed E-state index contributed by atoms with van der Waals surface area (Å²) in [5.41, 5.74) is 3.24. The van der Waals surface area contributed by atoms with Crippen LogP contribution in [0.4, 0.5) is 0 Å². The van der Waals surface area contributed by atoms with E-state index in [9.17, 15) is 8.42 Å². The first-order valence-electron chi connectivity index (χ1n) is 7.71. The SMILES string of the molecule is CC[C@H](NS(=O)(=O)c1cc(Cl)ccc1OC)c1ccc(C)c(C)c1. The van der Waals surface area contributed by atoms with Crippen LogP contribution < -0.4 is 9.46 Å². The average molecular weight is 368 g/mol. The average Bonchev–Trinajstić information content (AvgIpc) is 2.55. The molecule has 24 heavy (non-hydrogen) atoms. The van der Waals surface area contributed by atoms with Crippen LogP contribution in [0.15, 0.2) is 41.3 Å². The quantitative estimate of drug-likeness (QED) is 0.823. The molecule has 2 aromatic rings. The summed E-state index contributed by atoms with van der Waals surface area (Å²) >= 11 is 5.96. The van der Waals surface area contributed by atoms with Crippen LogP contribution in [0.25, 0.3) is 0 Å². The van der Waals surface area contributed by atoms with Crippen molar-refractivity contribution in [2.45, 2.75) is 38.1 Å². The van der Waals surface area contributed by atoms with Gasteiger partial charge in [0.25, 0.3) is 0 Å². The summed E-state index contributed by atoms with van der Waals surface area (Å²) in [6, 6.07) is 10.2. The fraction of sp³-hybridized carbons (Fsp3) is 0.333. The Labute approximate surface area is 148 Å². The number of methoxy groups -OCH3 is 1. The molecule has 2 aromatic carbocycles. The van der Waals surface area contributed by atoms with Crippen molar-refractivity contribution in [2.75, 3.05) is 7.11 Å². The van der Waals surface area contributed by atoms with Crippen molar-refractivity contribution in [3.8, 4) is 5.75 Å². The van der Waals surface area contributed by atoms with Gasteiger partial charge in [-0.2, -0.15) is 0 Å². The lowest BCUT2D eigenvalue weighted by Gasteiger charge is -2.19. The third-order valence-electron chi connectivity index (χ3n) is 4.05. The van der Waals surface area contributed by atoms with Gasteiger partial charge in [0.05, 0.1) is 7.11 Å². The molecule has 0 aromatic heterocycles. The zero-order valence-corrected chi connectivity index (χ0v) is 15.8. The Morgan fingerprint density at radius 1 is 1.12 bits per heavy atom. The monoisotopic (exact) mass is 367 g/mol. The maximum absolute atomic E-state index is 12.8. The summed E-state index contributed by atoms with van der Waals surface area (Å²) in [6.07, 6.45) is 0.630. The van der Waals surface area contributed by atoms with Gasteiger partial charge in [0, 0.05) is 11.1 Å². The Hall–Kier alpha value is -1.56. The summed E-state index contributed by atoms with van der Waals surface area (Å²) in [7, 11) is -2.33. The zero-order valence-electron chi connectivity index (χ0n) is 14.3. The van der Waals surface area contributed by atoms with E-state index in [-0.39, 0.29) is 16.7 Å². The fourth-order valence-electron chi connectivity index (χ4n) is 2.48. The van der Waals surface area contributed by atoms with E-state index in [0.717, 1.165) is 11.1 Å². The van der Waals surface area contributed by atoms with Gasteiger partial charge in [-0.25, -0.2) is 13.1 Å². The maximum atomic E-state index is 12.8. The van der Waals surface area contributed by atoms with Gasteiger partial charge in [0.2, 0.25) is 10.0 Å². The Morgan fingerprint density at radius 3 is 2.42 bits per heavy atom. The van der Waals surface area contributed by atoms with E-state index in [2.05, 4.69) is 4.72 Å². The molecule has 0 saturated carbocycles. The van der Waals surface area contributed by atoms with Crippen LogP contribution in [-0.2, 0) is 10.0 Å². The molecule has 130 valence electrons. The molecule has 4 nitrogen and oxygen atoms in total. The van der Waals surface area contributed by atoms with Crippen molar-refractivity contribution in [1.29, 1.82) is 0 Å². The van der Waals surface area contributed by atoms with E-state index in [4.69, 9.17) is 16.3 Å². The van der Waals surface area contributed by atoms with Gasteiger partial charge in [-0.1, -0.05) is 36.7 Å². The Bertz CT molecular complexity index is 834. The molecule has 0 aliphatic carbocycles. The topological polar surface area (TPSA) is 55.4 Å². The number of nitrogens with one attached hydrogen (secondary N) is 1. The number of hydrogen-bond donors (Lipinski definition) is 1. The van der Waals surface area contributed by atoms with Crippen LogP contribution in [0.3, 0.4) is 0 Å². The van der Waals surface area contributed by atoms with Crippen molar-refractivity contribution in [3.63, 3.8) is 0 Å². The van der Waals surface area contributed by atoms with E-state index < -0.39 is 10.0 Å². The standard InChI is InChI=1S/C18H22ClNO3S/c1-5-16(14-7-6-12(2)13(3)10-14)20-24(21,22)18-11-15(19)8-9-17(18)23-4/h6-11,16,20H,5H2,1-4H3/t16-/m0/s1. The number of rotatable bonds is 6. The maximum Gasteiger partial charge on any atom is 0.244 e. The largest absolute Gasteiger partial charge is 0.495 e. The molecule has 0 heterocycles. The van der Waals surface area contributed by atoms with Gasteiger partial charge in [-0.15, -0.1) is 0 Å². The molecule has 2 rings (SSSR count). The molecule has 0 unspecified atom stereocenters. The number of aryl methyl sites for hydroxylation is 2. The van der Waals surface area contributed by atoms with Gasteiger partial charge in [-0.3, -0.25) is 0 Å². The molecule has 6 heteroatoms. The van der Waals surface area contributed by atoms with Crippen molar-refractivity contribution >= 4 is 21.6 Å². The van der Waals surface area contributed by atoms with E-state index in [0.29, 0.717) is 11.4 Å². The molecule has 0 fully saturated rings. The number of sulfonamides is 1. The van der Waals surface area contributed by atoms with Gasteiger partial charge in [0.1, 0.15) is 10.6 Å². The minimum absolute atomic E-state index is 0.0415. The second-order valence-corrected chi connectivity index (χ2v) is 7.84. The highest BCUT2D eigenvalue weighted by Gasteiger charge is 2.24. The predicted octanol–water partition coefficient (Wildman–Crippen LogP) is 4.40. The fourth-order valence-corrected chi connectivity index (χ4v) is 4.22. The lowest BCUT2D eigenvalue weighted by molar-refractivity contribution is 0.402. The molecular weight excluding hydrogens is 346 g/mol. The normalized spacial score (nSPS) is 12.9. The molecular formula is C18H22ClNO3S. The number of benzene rings is 2. The Morgan fingerprint density at radius 2 is 1.83 bits per heavy atom. The summed E-state index contributed by atoms with van der Waals surface area (Å²) in [6.45, 7) is 5.98. The van der Waals surface area contributed by atoms with Gasteiger partial charge < -0.3 is 4.74 Å². The first-order chi connectivity index (χ1) is 11.3. The number of halogens is 1. The molecule has 1 N–H and O–H groups in total. The van der Waals surface area contributed by atoms with Gasteiger partial charge in [-0.05, 0) is 55.2 Å². The zero-order chi connectivity index (χ0) is 17.9. The first kappa shape index (κ1) is 18.8. The molecule has 1 atom stereocenters. The van der Waals surface area contributed by atoms with E-state index >= 15 is 0 Å². The van der Waals surface area contributed by atoms with E-state index in [1.807, 2.05) is 39.0 Å². The highest BCUT2D eigenvalue weighted by molar-refractivity contribution is 7.89. The Balaban J connectivity index is 2.39. The third kappa shape index (κ3) is 4.09. The Kier molecular flexibility index (Phi) is 5.91. The highest BCUT2D eigenvalue weighted by Crippen LogP contribution is 2.29. The van der Waals surface area contributed by atoms with Crippen LogP contribution in [0.5, 0.6) is 5.75 Å². The molecule has 0 saturated heterocycles. The molecule has 0 aliphatic heterocycles. The molecule has 0 bridgehead atoms. The van der Waals surface area contributed by atoms with Gasteiger partial charge >= 0.3 is 0 Å². The van der Waals surface area contributed by atoms with Crippen LogP contribution in [0, 0.1) is 13.8 Å². The molecule has 0 amide bonds. The van der Waals surface area contributed by atoms with Crippen molar-refractivity contribution in [2.24, 2.45) is 0 Å². The van der Waals surface area contributed by atoms with Crippen LogP contribution >= 0.6 is 11.6 Å². The summed E-state index contributed by atoms with van der Waals surface area (Å²) < 4.78 is 33.5.